The molecule has 1 aliphatic carbocycles. The Kier molecular flexibility index (Phi) is 4.28. The van der Waals surface area contributed by atoms with Crippen LogP contribution in [0.2, 0.25) is 0 Å². The lowest BCUT2D eigenvalue weighted by Crippen LogP contribution is -2.22. The molecule has 0 heterocycles. The molecule has 1 N–H and O–H groups in total. The van der Waals surface area contributed by atoms with Gasteiger partial charge in [-0.05, 0) is 38.2 Å². The molecule has 0 fully saturated rings. The number of allylic oxidation sites excluding steroid dienone is 3. The van der Waals surface area contributed by atoms with Gasteiger partial charge in [0.1, 0.15) is 0 Å². The van der Waals surface area contributed by atoms with E-state index in [1.54, 1.807) is 0 Å². The Morgan fingerprint density at radius 3 is 2.94 bits per heavy atom. The summed E-state index contributed by atoms with van der Waals surface area (Å²) >= 11 is 0. The molecule has 0 unspecified atom stereocenters. The summed E-state index contributed by atoms with van der Waals surface area (Å²) in [6, 6.07) is 0. The summed E-state index contributed by atoms with van der Waals surface area (Å²) in [4.78, 5) is 10.9. The van der Waals surface area contributed by atoms with Gasteiger partial charge >= 0.3 is 6.09 Å². The highest BCUT2D eigenvalue weighted by Gasteiger charge is 2.18. The van der Waals surface area contributed by atoms with Crippen LogP contribution in [-0.2, 0) is 4.74 Å². The van der Waals surface area contributed by atoms with E-state index in [1.807, 2.05) is 13.8 Å². The summed E-state index contributed by atoms with van der Waals surface area (Å²) in [5, 5.41) is 4.05. The number of carbonyl (C=O) groups excluding carboxylic acids is 1. The first-order chi connectivity index (χ1) is 7.54. The first kappa shape index (κ1) is 12.5. The summed E-state index contributed by atoms with van der Waals surface area (Å²) in [6.07, 6.45) is 3.40. The average Bonchev–Trinajstić information content (AvgIpc) is 2.27. The standard InChI is InChI=1S/C12H18N2O2/c1-8(2)10-6-5-9(3)11(7-10)13-14-12(15)16-4/h5,10H,1,6-7H2,2-4H3,(H,14,15)/b13-11-/t10-/m1/s1. The number of nitrogens with zero attached hydrogens (tertiary/aromatic N) is 1. The molecule has 1 aliphatic rings. The number of hydrogen-bond acceptors (Lipinski definition) is 3. The Hall–Kier alpha value is -1.58. The van der Waals surface area contributed by atoms with E-state index in [0.29, 0.717) is 5.92 Å². The van der Waals surface area contributed by atoms with Crippen molar-refractivity contribution in [3.63, 3.8) is 0 Å². The van der Waals surface area contributed by atoms with Crippen LogP contribution in [0.1, 0.15) is 26.7 Å². The Morgan fingerprint density at radius 1 is 1.69 bits per heavy atom. The maximum absolute atomic E-state index is 10.9. The second kappa shape index (κ2) is 5.49. The SMILES string of the molecule is C=C(C)[C@@H]1CC=C(C)/C(=N\NC(=O)OC)C1. The summed E-state index contributed by atoms with van der Waals surface area (Å²) in [6.45, 7) is 7.96. The summed E-state index contributed by atoms with van der Waals surface area (Å²) in [5.41, 5.74) is 5.49. The largest absolute Gasteiger partial charge is 0.452 e. The third kappa shape index (κ3) is 3.22. The maximum atomic E-state index is 10.9. The van der Waals surface area contributed by atoms with Gasteiger partial charge in [0.2, 0.25) is 0 Å². The fourth-order valence-corrected chi connectivity index (χ4v) is 1.58. The molecule has 88 valence electrons. The van der Waals surface area contributed by atoms with Gasteiger partial charge in [-0.15, -0.1) is 0 Å². The van der Waals surface area contributed by atoms with Gasteiger partial charge in [-0.2, -0.15) is 5.10 Å². The van der Waals surface area contributed by atoms with Crippen molar-refractivity contribution in [2.24, 2.45) is 11.0 Å². The maximum Gasteiger partial charge on any atom is 0.427 e. The monoisotopic (exact) mass is 222 g/mol. The van der Waals surface area contributed by atoms with Gasteiger partial charge in [0, 0.05) is 0 Å². The van der Waals surface area contributed by atoms with Gasteiger partial charge in [0.15, 0.2) is 0 Å². The average molecular weight is 222 g/mol. The molecule has 1 rings (SSSR count). The molecule has 0 bridgehead atoms. The molecule has 0 aromatic rings. The molecule has 0 saturated heterocycles. The quantitative estimate of drug-likeness (QED) is 0.576. The first-order valence-corrected chi connectivity index (χ1v) is 5.27. The van der Waals surface area contributed by atoms with E-state index in [1.165, 1.54) is 7.11 Å². The molecule has 0 radical (unpaired) electrons. The minimum Gasteiger partial charge on any atom is -0.452 e. The molecule has 0 aliphatic heterocycles. The molecule has 0 aromatic carbocycles. The van der Waals surface area contributed by atoms with Gasteiger partial charge < -0.3 is 4.74 Å². The van der Waals surface area contributed by atoms with Gasteiger partial charge in [-0.3, -0.25) is 0 Å². The van der Waals surface area contributed by atoms with Crippen LogP contribution >= 0.6 is 0 Å². The number of hydrogen-bond donors (Lipinski definition) is 1. The highest BCUT2D eigenvalue weighted by atomic mass is 16.5. The van der Waals surface area contributed by atoms with Crippen LogP contribution in [0.25, 0.3) is 0 Å². The Labute approximate surface area is 96.1 Å². The molecular formula is C12H18N2O2. The third-order valence-corrected chi connectivity index (χ3v) is 2.77. The van der Waals surface area contributed by atoms with Crippen molar-refractivity contribution in [3.05, 3.63) is 23.8 Å². The van der Waals surface area contributed by atoms with Crippen LogP contribution in [0.3, 0.4) is 0 Å². The molecule has 1 amide bonds. The number of nitrogens with one attached hydrogen (secondary N) is 1. The Bertz CT molecular complexity index is 356. The highest BCUT2D eigenvalue weighted by molar-refractivity contribution is 6.01. The van der Waals surface area contributed by atoms with Crippen LogP contribution in [-0.4, -0.2) is 18.9 Å². The number of amides is 1. The summed E-state index contributed by atoms with van der Waals surface area (Å²) < 4.78 is 4.46. The van der Waals surface area contributed by atoms with Crippen molar-refractivity contribution >= 4 is 11.8 Å². The number of carbonyl (C=O) groups is 1. The van der Waals surface area contributed by atoms with Crippen LogP contribution in [0, 0.1) is 5.92 Å². The molecule has 16 heavy (non-hydrogen) atoms. The smallest absolute Gasteiger partial charge is 0.427 e. The predicted molar refractivity (Wildman–Crippen MR) is 64.3 cm³/mol. The molecule has 0 aromatic heterocycles. The Balaban J connectivity index is 2.71. The van der Waals surface area contributed by atoms with E-state index >= 15 is 0 Å². The Morgan fingerprint density at radius 2 is 2.38 bits per heavy atom. The zero-order valence-corrected chi connectivity index (χ0v) is 10.0. The van der Waals surface area contributed by atoms with E-state index in [2.05, 4.69) is 27.9 Å². The fraction of sp³-hybridized carbons (Fsp3) is 0.500. The second-order valence-electron chi connectivity index (χ2n) is 4.03. The van der Waals surface area contributed by atoms with Crippen molar-refractivity contribution in [3.8, 4) is 0 Å². The van der Waals surface area contributed by atoms with E-state index in [4.69, 9.17) is 0 Å². The molecule has 0 saturated carbocycles. The number of rotatable bonds is 2. The number of methoxy groups -OCH3 is 1. The lowest BCUT2D eigenvalue weighted by atomic mass is 9.85. The second-order valence-corrected chi connectivity index (χ2v) is 4.03. The van der Waals surface area contributed by atoms with Crippen LogP contribution in [0.4, 0.5) is 4.79 Å². The minimum atomic E-state index is -0.544. The van der Waals surface area contributed by atoms with Crippen LogP contribution in [0.15, 0.2) is 28.9 Å². The van der Waals surface area contributed by atoms with Crippen LogP contribution in [0.5, 0.6) is 0 Å². The molecule has 4 heteroatoms. The van der Waals surface area contributed by atoms with E-state index in [0.717, 1.165) is 29.7 Å². The minimum absolute atomic E-state index is 0.418. The van der Waals surface area contributed by atoms with Crippen molar-refractivity contribution in [2.75, 3.05) is 7.11 Å². The zero-order valence-electron chi connectivity index (χ0n) is 10.0. The fourth-order valence-electron chi connectivity index (χ4n) is 1.58. The predicted octanol–water partition coefficient (Wildman–Crippen LogP) is 2.63. The molecular weight excluding hydrogens is 204 g/mol. The van der Waals surface area contributed by atoms with Gasteiger partial charge in [-0.1, -0.05) is 18.2 Å². The van der Waals surface area contributed by atoms with E-state index < -0.39 is 6.09 Å². The van der Waals surface area contributed by atoms with E-state index in [-0.39, 0.29) is 0 Å². The molecule has 1 atom stereocenters. The molecule has 4 nitrogen and oxygen atoms in total. The van der Waals surface area contributed by atoms with Crippen molar-refractivity contribution < 1.29 is 9.53 Å². The zero-order chi connectivity index (χ0) is 12.1. The topological polar surface area (TPSA) is 50.7 Å². The summed E-state index contributed by atoms with van der Waals surface area (Å²) in [7, 11) is 1.32. The van der Waals surface area contributed by atoms with E-state index in [9.17, 15) is 4.79 Å². The first-order valence-electron chi connectivity index (χ1n) is 5.27. The van der Waals surface area contributed by atoms with Crippen molar-refractivity contribution in [1.82, 2.24) is 5.43 Å². The third-order valence-electron chi connectivity index (χ3n) is 2.77. The molecule has 0 spiro atoms. The lowest BCUT2D eigenvalue weighted by Gasteiger charge is -2.22. The van der Waals surface area contributed by atoms with Gasteiger partial charge in [0.05, 0.1) is 12.8 Å². The number of ether oxygens (including phenoxy) is 1. The summed E-state index contributed by atoms with van der Waals surface area (Å²) in [5.74, 6) is 0.418. The highest BCUT2D eigenvalue weighted by Crippen LogP contribution is 2.26. The normalized spacial score (nSPS) is 22.6. The van der Waals surface area contributed by atoms with Crippen molar-refractivity contribution in [1.29, 1.82) is 0 Å². The number of hydrazone groups is 1. The van der Waals surface area contributed by atoms with Gasteiger partial charge in [0.25, 0.3) is 0 Å². The lowest BCUT2D eigenvalue weighted by molar-refractivity contribution is 0.171. The van der Waals surface area contributed by atoms with Gasteiger partial charge in [-0.25, -0.2) is 10.2 Å². The van der Waals surface area contributed by atoms with Crippen LogP contribution < -0.4 is 5.43 Å². The van der Waals surface area contributed by atoms with Crippen molar-refractivity contribution in [2.45, 2.75) is 26.7 Å².